The van der Waals surface area contributed by atoms with Crippen LogP contribution in [0.1, 0.15) is 59.8 Å². The van der Waals surface area contributed by atoms with Gasteiger partial charge in [-0.05, 0) is 44.7 Å². The largest absolute Gasteiger partial charge is 0.357 e. The van der Waals surface area contributed by atoms with Gasteiger partial charge in [0.15, 0.2) is 5.96 Å². The lowest BCUT2D eigenvalue weighted by Gasteiger charge is -2.23. The Bertz CT molecular complexity index is 331. The molecule has 0 aromatic rings. The third-order valence-corrected chi connectivity index (χ3v) is 4.51. The van der Waals surface area contributed by atoms with Crippen LogP contribution in [0.2, 0.25) is 0 Å². The standard InChI is InChI=1S/C18H38N4.HI/c1-6-8-9-11-18(3,4)15-21-17(19-7-2)20-13-16-10-12-22(5)14-16;/h16H,6-15H2,1-5H3,(H2,19,20,21);1H. The first-order valence-electron chi connectivity index (χ1n) is 9.17. The summed E-state index contributed by atoms with van der Waals surface area (Å²) in [7, 11) is 2.21. The molecule has 0 amide bonds. The molecule has 1 aliphatic rings. The summed E-state index contributed by atoms with van der Waals surface area (Å²) in [5, 5.41) is 6.92. The SMILES string of the molecule is CCCCCC(C)(C)CN=C(NCC)NCC1CCN(C)C1.I. The van der Waals surface area contributed by atoms with Gasteiger partial charge in [-0.2, -0.15) is 0 Å². The van der Waals surface area contributed by atoms with Crippen LogP contribution < -0.4 is 10.6 Å². The van der Waals surface area contributed by atoms with Crippen LogP contribution in [-0.4, -0.2) is 50.6 Å². The first kappa shape index (κ1) is 23.0. The van der Waals surface area contributed by atoms with Gasteiger partial charge in [-0.25, -0.2) is 0 Å². The van der Waals surface area contributed by atoms with Gasteiger partial charge in [0.1, 0.15) is 0 Å². The van der Waals surface area contributed by atoms with Crippen molar-refractivity contribution in [1.29, 1.82) is 0 Å². The molecule has 1 heterocycles. The topological polar surface area (TPSA) is 39.7 Å². The van der Waals surface area contributed by atoms with Crippen molar-refractivity contribution in [1.82, 2.24) is 15.5 Å². The van der Waals surface area contributed by atoms with Crippen molar-refractivity contribution in [2.45, 2.75) is 59.8 Å². The molecule has 1 aliphatic heterocycles. The van der Waals surface area contributed by atoms with Crippen LogP contribution in [0.5, 0.6) is 0 Å². The smallest absolute Gasteiger partial charge is 0.191 e. The van der Waals surface area contributed by atoms with Crippen LogP contribution in [0.25, 0.3) is 0 Å². The normalized spacial score (nSPS) is 19.5. The molecule has 0 saturated carbocycles. The van der Waals surface area contributed by atoms with Gasteiger partial charge in [-0.1, -0.05) is 40.0 Å². The van der Waals surface area contributed by atoms with Crippen molar-refractivity contribution in [2.75, 3.05) is 39.8 Å². The Labute approximate surface area is 161 Å². The Morgan fingerprint density at radius 1 is 1.22 bits per heavy atom. The molecule has 138 valence electrons. The van der Waals surface area contributed by atoms with E-state index in [0.717, 1.165) is 31.5 Å². The highest BCUT2D eigenvalue weighted by molar-refractivity contribution is 14.0. The minimum atomic E-state index is 0. The van der Waals surface area contributed by atoms with Gasteiger partial charge < -0.3 is 15.5 Å². The molecule has 1 unspecified atom stereocenters. The lowest BCUT2D eigenvalue weighted by molar-refractivity contribution is 0.332. The van der Waals surface area contributed by atoms with Crippen molar-refractivity contribution >= 4 is 29.9 Å². The van der Waals surface area contributed by atoms with E-state index in [-0.39, 0.29) is 24.0 Å². The van der Waals surface area contributed by atoms with Crippen LogP contribution in [-0.2, 0) is 0 Å². The third-order valence-electron chi connectivity index (χ3n) is 4.51. The Morgan fingerprint density at radius 3 is 2.52 bits per heavy atom. The van der Waals surface area contributed by atoms with Crippen molar-refractivity contribution in [2.24, 2.45) is 16.3 Å². The maximum atomic E-state index is 4.82. The average Bonchev–Trinajstić information content (AvgIpc) is 2.88. The Balaban J connectivity index is 0.00000484. The third kappa shape index (κ3) is 10.4. The van der Waals surface area contributed by atoms with Crippen molar-refractivity contribution in [3.05, 3.63) is 0 Å². The minimum Gasteiger partial charge on any atom is -0.357 e. The molecule has 0 bridgehead atoms. The molecule has 2 N–H and O–H groups in total. The Morgan fingerprint density at radius 2 is 1.96 bits per heavy atom. The summed E-state index contributed by atoms with van der Waals surface area (Å²) in [6, 6.07) is 0. The first-order chi connectivity index (χ1) is 10.5. The molecule has 0 spiro atoms. The fourth-order valence-electron chi connectivity index (χ4n) is 3.00. The number of nitrogens with one attached hydrogen (secondary N) is 2. The molecule has 0 aromatic carbocycles. The number of likely N-dealkylation sites (tertiary alicyclic amines) is 1. The van der Waals surface area contributed by atoms with Crippen LogP contribution >= 0.6 is 24.0 Å². The molecule has 1 fully saturated rings. The number of rotatable bonds is 9. The van der Waals surface area contributed by atoms with Gasteiger partial charge in [0.2, 0.25) is 0 Å². The van der Waals surface area contributed by atoms with Gasteiger partial charge in [0.25, 0.3) is 0 Å². The summed E-state index contributed by atoms with van der Waals surface area (Å²) in [4.78, 5) is 7.23. The number of hydrogen-bond acceptors (Lipinski definition) is 2. The van der Waals surface area contributed by atoms with Gasteiger partial charge in [0, 0.05) is 26.2 Å². The lowest BCUT2D eigenvalue weighted by Crippen LogP contribution is -2.40. The summed E-state index contributed by atoms with van der Waals surface area (Å²) >= 11 is 0. The van der Waals surface area contributed by atoms with E-state index in [0.29, 0.717) is 5.41 Å². The predicted octanol–water partition coefficient (Wildman–Crippen LogP) is 3.72. The van der Waals surface area contributed by atoms with Crippen molar-refractivity contribution in [3.63, 3.8) is 0 Å². The van der Waals surface area contributed by atoms with Gasteiger partial charge in [0.05, 0.1) is 0 Å². The maximum Gasteiger partial charge on any atom is 0.191 e. The number of hydrogen-bond donors (Lipinski definition) is 2. The second kappa shape index (κ2) is 12.3. The summed E-state index contributed by atoms with van der Waals surface area (Å²) in [6.07, 6.45) is 6.50. The molecular formula is C18H39IN4. The van der Waals surface area contributed by atoms with E-state index in [4.69, 9.17) is 4.99 Å². The zero-order valence-corrected chi connectivity index (χ0v) is 18.3. The van der Waals surface area contributed by atoms with Crippen LogP contribution in [0.3, 0.4) is 0 Å². The van der Waals surface area contributed by atoms with E-state index in [9.17, 15) is 0 Å². The molecule has 0 radical (unpaired) electrons. The van der Waals surface area contributed by atoms with E-state index in [1.165, 1.54) is 45.2 Å². The fraction of sp³-hybridized carbons (Fsp3) is 0.944. The highest BCUT2D eigenvalue weighted by atomic mass is 127. The molecule has 1 rings (SSSR count). The van der Waals surface area contributed by atoms with Crippen LogP contribution in [0.15, 0.2) is 4.99 Å². The van der Waals surface area contributed by atoms with Gasteiger partial charge >= 0.3 is 0 Å². The molecule has 0 aromatic heterocycles. The molecule has 1 atom stereocenters. The average molecular weight is 438 g/mol. The highest BCUT2D eigenvalue weighted by Crippen LogP contribution is 2.24. The Hall–Kier alpha value is -0.0400. The van der Waals surface area contributed by atoms with Crippen molar-refractivity contribution < 1.29 is 0 Å². The van der Waals surface area contributed by atoms with Crippen molar-refractivity contribution in [3.8, 4) is 0 Å². The van der Waals surface area contributed by atoms with Gasteiger partial charge in [-0.3, -0.25) is 4.99 Å². The second-order valence-electron chi connectivity index (χ2n) is 7.61. The van der Waals surface area contributed by atoms with E-state index in [2.05, 4.69) is 50.3 Å². The molecular weight excluding hydrogens is 399 g/mol. The molecule has 1 saturated heterocycles. The molecule has 23 heavy (non-hydrogen) atoms. The zero-order valence-electron chi connectivity index (χ0n) is 16.0. The zero-order chi connectivity index (χ0) is 16.4. The van der Waals surface area contributed by atoms with E-state index in [1.807, 2.05) is 0 Å². The molecule has 0 aliphatic carbocycles. The predicted molar refractivity (Wildman–Crippen MR) is 113 cm³/mol. The Kier molecular flexibility index (Phi) is 12.3. The first-order valence-corrected chi connectivity index (χ1v) is 9.17. The van der Waals surface area contributed by atoms with E-state index < -0.39 is 0 Å². The number of aliphatic imine (C=N–C) groups is 1. The monoisotopic (exact) mass is 438 g/mol. The second-order valence-corrected chi connectivity index (χ2v) is 7.61. The van der Waals surface area contributed by atoms with Crippen LogP contribution in [0.4, 0.5) is 0 Å². The number of guanidine groups is 1. The molecule has 5 heteroatoms. The molecule has 4 nitrogen and oxygen atoms in total. The summed E-state index contributed by atoms with van der Waals surface area (Å²) in [6.45, 7) is 14.4. The summed E-state index contributed by atoms with van der Waals surface area (Å²) < 4.78 is 0. The van der Waals surface area contributed by atoms with Gasteiger partial charge in [-0.15, -0.1) is 24.0 Å². The minimum absolute atomic E-state index is 0. The summed E-state index contributed by atoms with van der Waals surface area (Å²) in [5.41, 5.74) is 0.297. The highest BCUT2D eigenvalue weighted by Gasteiger charge is 2.20. The van der Waals surface area contributed by atoms with E-state index >= 15 is 0 Å². The number of nitrogens with zero attached hydrogens (tertiary/aromatic N) is 2. The number of halogens is 1. The summed E-state index contributed by atoms with van der Waals surface area (Å²) in [5.74, 6) is 1.74. The lowest BCUT2D eigenvalue weighted by atomic mass is 9.87. The number of unbranched alkanes of at least 4 members (excludes halogenated alkanes) is 2. The van der Waals surface area contributed by atoms with E-state index in [1.54, 1.807) is 0 Å². The van der Waals surface area contributed by atoms with Crippen LogP contribution in [0, 0.1) is 11.3 Å². The quantitative estimate of drug-likeness (QED) is 0.250. The fourth-order valence-corrected chi connectivity index (χ4v) is 3.00. The maximum absolute atomic E-state index is 4.82.